The maximum atomic E-state index is 6.59. The molecule has 11 aromatic rings. The van der Waals surface area contributed by atoms with Crippen molar-refractivity contribution < 1.29 is 4.42 Å². The normalized spacial score (nSPS) is 11.8. The van der Waals surface area contributed by atoms with E-state index in [4.69, 9.17) is 24.4 Å². The molecule has 0 fully saturated rings. The molecule has 0 unspecified atom stereocenters. The van der Waals surface area contributed by atoms with Crippen LogP contribution in [0.1, 0.15) is 0 Å². The Hall–Kier alpha value is -7.18. The van der Waals surface area contributed by atoms with E-state index in [0.29, 0.717) is 28.6 Å². The highest BCUT2D eigenvalue weighted by Crippen LogP contribution is 2.41. The molecule has 0 aliphatic heterocycles. The first-order chi connectivity index (χ1) is 25.8. The van der Waals surface area contributed by atoms with E-state index in [1.165, 1.54) is 10.8 Å². The molecule has 52 heavy (non-hydrogen) atoms. The maximum absolute atomic E-state index is 6.59. The Balaban J connectivity index is 1.29. The monoisotopic (exact) mass is 665 g/mol. The SMILES string of the molecule is c1ccc(-c2cc(-c3ccccc3)nc(-c3nc(-n4c5ccc6ccccc6c5c5ccc6ccccc6c54)nc4c3oc3ccccc34)n2)cc1. The summed E-state index contributed by atoms with van der Waals surface area (Å²) in [6.45, 7) is 0. The van der Waals surface area contributed by atoms with Gasteiger partial charge in [-0.1, -0.05) is 140 Å². The highest BCUT2D eigenvalue weighted by molar-refractivity contribution is 6.26. The molecule has 242 valence electrons. The Bertz CT molecular complexity index is 3130. The van der Waals surface area contributed by atoms with Crippen LogP contribution >= 0.6 is 0 Å². The Morgan fingerprint density at radius 3 is 1.79 bits per heavy atom. The number of rotatable bonds is 4. The van der Waals surface area contributed by atoms with Crippen molar-refractivity contribution in [2.45, 2.75) is 0 Å². The van der Waals surface area contributed by atoms with Crippen LogP contribution in [0.5, 0.6) is 0 Å². The number of hydrogen-bond donors (Lipinski definition) is 0. The van der Waals surface area contributed by atoms with Crippen LogP contribution < -0.4 is 0 Å². The summed E-state index contributed by atoms with van der Waals surface area (Å²) in [5, 5.41) is 7.83. The largest absolute Gasteiger partial charge is 0.452 e. The van der Waals surface area contributed by atoms with Gasteiger partial charge in [-0.2, -0.15) is 0 Å². The van der Waals surface area contributed by atoms with Crippen LogP contribution in [0.4, 0.5) is 0 Å². The first-order valence-electron chi connectivity index (χ1n) is 17.3. The molecule has 4 aromatic heterocycles. The Kier molecular flexibility index (Phi) is 6.15. The molecule has 6 nitrogen and oxygen atoms in total. The fraction of sp³-hybridized carbons (Fsp3) is 0. The van der Waals surface area contributed by atoms with E-state index in [2.05, 4.69) is 102 Å². The van der Waals surface area contributed by atoms with Gasteiger partial charge in [0.25, 0.3) is 0 Å². The van der Waals surface area contributed by atoms with Gasteiger partial charge in [0.15, 0.2) is 17.1 Å². The molecule has 0 bridgehead atoms. The molecular formula is C46H27N5O. The molecule has 0 aliphatic rings. The third-order valence-corrected chi connectivity index (χ3v) is 10.0. The van der Waals surface area contributed by atoms with E-state index in [1.54, 1.807) is 0 Å². The molecular weight excluding hydrogens is 639 g/mol. The summed E-state index contributed by atoms with van der Waals surface area (Å²) in [7, 11) is 0. The zero-order valence-electron chi connectivity index (χ0n) is 27.7. The van der Waals surface area contributed by atoms with Crippen LogP contribution in [-0.4, -0.2) is 24.5 Å². The van der Waals surface area contributed by atoms with Crippen LogP contribution in [0.3, 0.4) is 0 Å². The second-order valence-electron chi connectivity index (χ2n) is 13.0. The Morgan fingerprint density at radius 1 is 0.462 bits per heavy atom. The van der Waals surface area contributed by atoms with E-state index in [0.717, 1.165) is 66.1 Å². The summed E-state index contributed by atoms with van der Waals surface area (Å²) in [5.41, 5.74) is 8.14. The van der Waals surface area contributed by atoms with Crippen LogP contribution in [0, 0.1) is 0 Å². The number of nitrogens with zero attached hydrogens (tertiary/aromatic N) is 5. The fourth-order valence-corrected chi connectivity index (χ4v) is 7.65. The lowest BCUT2D eigenvalue weighted by Gasteiger charge is -2.12. The first kappa shape index (κ1) is 28.6. The first-order valence-corrected chi connectivity index (χ1v) is 17.3. The molecule has 0 saturated carbocycles. The number of furan rings is 1. The predicted octanol–water partition coefficient (Wildman–Crippen LogP) is 11.6. The number of para-hydroxylation sites is 1. The van der Waals surface area contributed by atoms with Crippen LogP contribution in [0.15, 0.2) is 168 Å². The zero-order chi connectivity index (χ0) is 34.2. The van der Waals surface area contributed by atoms with E-state index in [-0.39, 0.29) is 0 Å². The molecule has 11 rings (SSSR count). The summed E-state index contributed by atoms with van der Waals surface area (Å²) in [6.07, 6.45) is 0. The smallest absolute Gasteiger partial charge is 0.236 e. The van der Waals surface area contributed by atoms with Gasteiger partial charge in [0.05, 0.1) is 22.4 Å². The minimum Gasteiger partial charge on any atom is -0.452 e. The topological polar surface area (TPSA) is 69.6 Å². The van der Waals surface area contributed by atoms with Gasteiger partial charge >= 0.3 is 0 Å². The zero-order valence-corrected chi connectivity index (χ0v) is 27.7. The van der Waals surface area contributed by atoms with E-state index < -0.39 is 0 Å². The van der Waals surface area contributed by atoms with Crippen LogP contribution in [0.2, 0.25) is 0 Å². The molecule has 0 radical (unpaired) electrons. The second-order valence-corrected chi connectivity index (χ2v) is 13.0. The van der Waals surface area contributed by atoms with E-state index in [1.807, 2.05) is 66.7 Å². The van der Waals surface area contributed by atoms with Crippen molar-refractivity contribution in [2.24, 2.45) is 0 Å². The maximum Gasteiger partial charge on any atom is 0.236 e. The second kappa shape index (κ2) is 11.2. The van der Waals surface area contributed by atoms with Gasteiger partial charge in [-0.3, -0.25) is 4.57 Å². The van der Waals surface area contributed by atoms with Crippen molar-refractivity contribution >= 4 is 65.4 Å². The fourth-order valence-electron chi connectivity index (χ4n) is 7.65. The number of fused-ring (bicyclic) bond motifs is 10. The minimum absolute atomic E-state index is 0.462. The lowest BCUT2D eigenvalue weighted by Crippen LogP contribution is -2.05. The molecule has 0 spiro atoms. The lowest BCUT2D eigenvalue weighted by molar-refractivity contribution is 0.666. The van der Waals surface area contributed by atoms with Crippen molar-refractivity contribution in [1.82, 2.24) is 24.5 Å². The average Bonchev–Trinajstić information content (AvgIpc) is 3.77. The third kappa shape index (κ3) is 4.31. The average molecular weight is 666 g/mol. The van der Waals surface area contributed by atoms with Gasteiger partial charge in [0.2, 0.25) is 5.95 Å². The number of benzene rings is 7. The summed E-state index contributed by atoms with van der Waals surface area (Å²) >= 11 is 0. The van der Waals surface area contributed by atoms with Gasteiger partial charge in [-0.25, -0.2) is 19.9 Å². The van der Waals surface area contributed by atoms with Gasteiger partial charge in [0.1, 0.15) is 11.1 Å². The molecule has 0 N–H and O–H groups in total. The molecule has 0 saturated heterocycles. The molecule has 4 heterocycles. The van der Waals surface area contributed by atoms with Gasteiger partial charge in [-0.15, -0.1) is 0 Å². The molecule has 0 amide bonds. The molecule has 0 aliphatic carbocycles. The van der Waals surface area contributed by atoms with Crippen molar-refractivity contribution in [3.63, 3.8) is 0 Å². The predicted molar refractivity (Wildman–Crippen MR) is 211 cm³/mol. The van der Waals surface area contributed by atoms with E-state index in [9.17, 15) is 0 Å². The lowest BCUT2D eigenvalue weighted by atomic mass is 10.0. The van der Waals surface area contributed by atoms with Crippen molar-refractivity contribution in [3.8, 4) is 40.0 Å². The Morgan fingerprint density at radius 2 is 1.06 bits per heavy atom. The van der Waals surface area contributed by atoms with Crippen LogP contribution in [-0.2, 0) is 0 Å². The van der Waals surface area contributed by atoms with Gasteiger partial charge in [0, 0.05) is 32.7 Å². The number of hydrogen-bond acceptors (Lipinski definition) is 5. The summed E-state index contributed by atoms with van der Waals surface area (Å²) in [5.74, 6) is 0.986. The van der Waals surface area contributed by atoms with Gasteiger partial charge < -0.3 is 4.42 Å². The number of aromatic nitrogens is 5. The van der Waals surface area contributed by atoms with Crippen LogP contribution in [0.25, 0.3) is 105 Å². The van der Waals surface area contributed by atoms with Crippen molar-refractivity contribution in [3.05, 3.63) is 164 Å². The van der Waals surface area contributed by atoms with Crippen molar-refractivity contribution in [1.29, 1.82) is 0 Å². The quantitative estimate of drug-likeness (QED) is 0.187. The standard InChI is InChI=1S/C46H27N5O/c1-3-15-30(16-4-1)36-27-37(31-17-5-2-6-18-31)48-45(47-36)42-44-41(34-21-11-12-22-39(34)52-44)49-46(50-42)51-38-26-24-28-13-7-9-19-32(28)40(38)35-25-23-29-14-8-10-20-33(29)43(35)51/h1-27H. The van der Waals surface area contributed by atoms with E-state index >= 15 is 0 Å². The molecule has 7 aromatic carbocycles. The minimum atomic E-state index is 0.462. The third-order valence-electron chi connectivity index (χ3n) is 10.0. The van der Waals surface area contributed by atoms with Gasteiger partial charge in [-0.05, 0) is 40.4 Å². The molecule has 6 heteroatoms. The highest BCUT2D eigenvalue weighted by Gasteiger charge is 2.24. The summed E-state index contributed by atoms with van der Waals surface area (Å²) < 4.78 is 8.80. The van der Waals surface area contributed by atoms with Crippen molar-refractivity contribution in [2.75, 3.05) is 0 Å². The molecule has 0 atom stereocenters. The Labute approximate surface area is 297 Å². The highest BCUT2D eigenvalue weighted by atomic mass is 16.3. The summed E-state index contributed by atoms with van der Waals surface area (Å²) in [4.78, 5) is 21.1. The summed E-state index contributed by atoms with van der Waals surface area (Å²) in [6, 6.07) is 56.3.